The molecule has 1 rings (SSSR count). The van der Waals surface area contributed by atoms with E-state index in [0.29, 0.717) is 24.9 Å². The number of benzene rings is 1. The first-order valence-corrected chi connectivity index (χ1v) is 5.58. The molecule has 0 saturated carbocycles. The molecule has 6 heteroatoms. The van der Waals surface area contributed by atoms with Crippen LogP contribution >= 0.6 is 0 Å². The van der Waals surface area contributed by atoms with E-state index in [0.717, 1.165) is 0 Å². The first-order chi connectivity index (χ1) is 8.45. The molecule has 98 valence electrons. The molecule has 0 aliphatic carbocycles. The van der Waals surface area contributed by atoms with E-state index in [-0.39, 0.29) is 11.3 Å². The molecule has 0 aliphatic rings. The summed E-state index contributed by atoms with van der Waals surface area (Å²) in [7, 11) is 1.77. The summed E-state index contributed by atoms with van der Waals surface area (Å²) in [4.78, 5) is 22.8. The van der Waals surface area contributed by atoms with Gasteiger partial charge in [0.15, 0.2) is 6.29 Å². The number of nitro groups is 1. The van der Waals surface area contributed by atoms with Crippen LogP contribution in [0.25, 0.3) is 0 Å². The average Bonchev–Trinajstić information content (AvgIpc) is 2.34. The van der Waals surface area contributed by atoms with Gasteiger partial charge >= 0.3 is 0 Å². The standard InChI is InChI=1S/C12H16N2O4/c1-9(16)5-6-13(2)12-4-3-11(14(17)18)7-10(12)8-15/h3-4,7-9,16H,5-6H2,1-2H3. The zero-order valence-corrected chi connectivity index (χ0v) is 10.4. The van der Waals surface area contributed by atoms with E-state index in [9.17, 15) is 20.0 Å². The predicted octanol–water partition coefficient (Wildman–Crippen LogP) is 1.61. The summed E-state index contributed by atoms with van der Waals surface area (Å²) in [6.45, 7) is 2.25. The Morgan fingerprint density at radius 2 is 2.22 bits per heavy atom. The van der Waals surface area contributed by atoms with Crippen molar-refractivity contribution in [2.24, 2.45) is 0 Å². The number of aldehydes is 1. The van der Waals surface area contributed by atoms with E-state index in [1.54, 1.807) is 24.9 Å². The van der Waals surface area contributed by atoms with E-state index in [1.807, 2.05) is 0 Å². The molecule has 0 radical (unpaired) electrons. The summed E-state index contributed by atoms with van der Waals surface area (Å²) in [6.07, 6.45) is 0.734. The minimum atomic E-state index is -0.535. The molecule has 18 heavy (non-hydrogen) atoms. The average molecular weight is 252 g/mol. The fraction of sp³-hybridized carbons (Fsp3) is 0.417. The monoisotopic (exact) mass is 252 g/mol. The molecular weight excluding hydrogens is 236 g/mol. The Kier molecular flexibility index (Phi) is 4.79. The smallest absolute Gasteiger partial charge is 0.270 e. The third kappa shape index (κ3) is 3.53. The molecule has 0 aromatic heterocycles. The Morgan fingerprint density at radius 3 is 2.72 bits per heavy atom. The van der Waals surface area contributed by atoms with Gasteiger partial charge in [0.25, 0.3) is 5.69 Å². The second-order valence-electron chi connectivity index (χ2n) is 4.18. The molecule has 0 aliphatic heterocycles. The van der Waals surface area contributed by atoms with Crippen LogP contribution in [0.3, 0.4) is 0 Å². The van der Waals surface area contributed by atoms with Crippen molar-refractivity contribution in [1.82, 2.24) is 0 Å². The van der Waals surface area contributed by atoms with Crippen LogP contribution in [0.5, 0.6) is 0 Å². The van der Waals surface area contributed by atoms with Gasteiger partial charge in [-0.3, -0.25) is 14.9 Å². The fourth-order valence-corrected chi connectivity index (χ4v) is 1.60. The predicted molar refractivity (Wildman–Crippen MR) is 68.1 cm³/mol. The van der Waals surface area contributed by atoms with Crippen molar-refractivity contribution in [3.63, 3.8) is 0 Å². The van der Waals surface area contributed by atoms with E-state index >= 15 is 0 Å². The summed E-state index contributed by atoms with van der Waals surface area (Å²) in [5.41, 5.74) is 0.790. The largest absolute Gasteiger partial charge is 0.393 e. The lowest BCUT2D eigenvalue weighted by molar-refractivity contribution is -0.384. The number of hydrogen-bond acceptors (Lipinski definition) is 5. The Morgan fingerprint density at radius 1 is 1.56 bits per heavy atom. The van der Waals surface area contributed by atoms with Gasteiger partial charge in [-0.2, -0.15) is 0 Å². The molecular formula is C12H16N2O4. The number of hydrogen-bond donors (Lipinski definition) is 1. The van der Waals surface area contributed by atoms with Gasteiger partial charge in [0.2, 0.25) is 0 Å². The number of aliphatic hydroxyl groups excluding tert-OH is 1. The van der Waals surface area contributed by atoms with Crippen LogP contribution in [-0.4, -0.2) is 36.0 Å². The number of carbonyl (C=O) groups excluding carboxylic acids is 1. The molecule has 0 saturated heterocycles. The van der Waals surface area contributed by atoms with Crippen LogP contribution in [0.2, 0.25) is 0 Å². The SMILES string of the molecule is CC(O)CCN(C)c1ccc([N+](=O)[O-])cc1C=O. The van der Waals surface area contributed by atoms with Crippen molar-refractivity contribution in [3.05, 3.63) is 33.9 Å². The molecule has 6 nitrogen and oxygen atoms in total. The van der Waals surface area contributed by atoms with Crippen molar-refractivity contribution in [3.8, 4) is 0 Å². The van der Waals surface area contributed by atoms with E-state index in [4.69, 9.17) is 0 Å². The first-order valence-electron chi connectivity index (χ1n) is 5.58. The van der Waals surface area contributed by atoms with Gasteiger partial charge in [-0.25, -0.2) is 0 Å². The van der Waals surface area contributed by atoms with Crippen molar-refractivity contribution in [2.75, 3.05) is 18.5 Å². The fourth-order valence-electron chi connectivity index (χ4n) is 1.60. The Labute approximate surface area is 105 Å². The lowest BCUT2D eigenvalue weighted by Crippen LogP contribution is -2.22. The van der Waals surface area contributed by atoms with Crippen LogP contribution in [0.4, 0.5) is 11.4 Å². The van der Waals surface area contributed by atoms with E-state index < -0.39 is 11.0 Å². The van der Waals surface area contributed by atoms with E-state index in [2.05, 4.69) is 0 Å². The molecule has 1 aromatic rings. The zero-order valence-electron chi connectivity index (χ0n) is 10.4. The Balaban J connectivity index is 2.94. The molecule has 0 bridgehead atoms. The molecule has 0 amide bonds. The molecule has 1 aromatic carbocycles. The van der Waals surface area contributed by atoms with Crippen LogP contribution in [0.15, 0.2) is 18.2 Å². The first kappa shape index (κ1) is 14.1. The maximum atomic E-state index is 10.9. The quantitative estimate of drug-likeness (QED) is 0.472. The topological polar surface area (TPSA) is 83.7 Å². The minimum absolute atomic E-state index is 0.107. The molecule has 0 heterocycles. The number of anilines is 1. The number of carbonyl (C=O) groups is 1. The van der Waals surface area contributed by atoms with Gasteiger partial charge in [0.05, 0.1) is 11.0 Å². The van der Waals surface area contributed by atoms with Gasteiger partial charge in [-0.05, 0) is 19.4 Å². The summed E-state index contributed by atoms with van der Waals surface area (Å²) in [5, 5.41) is 19.8. The molecule has 0 fully saturated rings. The van der Waals surface area contributed by atoms with Crippen LogP contribution in [0.1, 0.15) is 23.7 Å². The Bertz CT molecular complexity index is 446. The summed E-state index contributed by atoms with van der Waals surface area (Å²) >= 11 is 0. The van der Waals surface area contributed by atoms with Crippen molar-refractivity contribution < 1.29 is 14.8 Å². The van der Waals surface area contributed by atoms with Gasteiger partial charge in [0.1, 0.15) is 0 Å². The second-order valence-corrected chi connectivity index (χ2v) is 4.18. The lowest BCUT2D eigenvalue weighted by atomic mass is 10.1. The number of non-ortho nitro benzene ring substituents is 1. The van der Waals surface area contributed by atoms with Crippen molar-refractivity contribution >= 4 is 17.7 Å². The highest BCUT2D eigenvalue weighted by Crippen LogP contribution is 2.23. The molecule has 1 unspecified atom stereocenters. The third-order valence-electron chi connectivity index (χ3n) is 2.64. The molecule has 1 N–H and O–H groups in total. The van der Waals surface area contributed by atoms with Gasteiger partial charge in [0, 0.05) is 37.0 Å². The summed E-state index contributed by atoms with van der Waals surface area (Å²) in [6, 6.07) is 4.16. The maximum Gasteiger partial charge on any atom is 0.270 e. The number of nitro benzene ring substituents is 1. The summed E-state index contributed by atoms with van der Waals surface area (Å²) in [5.74, 6) is 0. The minimum Gasteiger partial charge on any atom is -0.393 e. The maximum absolute atomic E-state index is 10.9. The molecule has 0 spiro atoms. The highest BCUT2D eigenvalue weighted by molar-refractivity contribution is 5.85. The highest BCUT2D eigenvalue weighted by atomic mass is 16.6. The van der Waals surface area contributed by atoms with Crippen molar-refractivity contribution in [1.29, 1.82) is 0 Å². The van der Waals surface area contributed by atoms with Crippen LogP contribution in [-0.2, 0) is 0 Å². The number of nitrogens with zero attached hydrogens (tertiary/aromatic N) is 2. The van der Waals surface area contributed by atoms with Crippen LogP contribution in [0, 0.1) is 10.1 Å². The Hall–Kier alpha value is -1.95. The summed E-state index contributed by atoms with van der Waals surface area (Å²) < 4.78 is 0. The second kappa shape index (κ2) is 6.11. The normalized spacial score (nSPS) is 11.9. The zero-order chi connectivity index (χ0) is 13.7. The van der Waals surface area contributed by atoms with E-state index in [1.165, 1.54) is 12.1 Å². The third-order valence-corrected chi connectivity index (χ3v) is 2.64. The highest BCUT2D eigenvalue weighted by Gasteiger charge is 2.13. The lowest BCUT2D eigenvalue weighted by Gasteiger charge is -2.21. The van der Waals surface area contributed by atoms with Crippen LogP contribution < -0.4 is 4.90 Å². The number of aliphatic hydroxyl groups is 1. The van der Waals surface area contributed by atoms with Gasteiger partial charge in [-0.15, -0.1) is 0 Å². The van der Waals surface area contributed by atoms with Gasteiger partial charge in [-0.1, -0.05) is 0 Å². The molecule has 1 atom stereocenters. The number of rotatable bonds is 6. The van der Waals surface area contributed by atoms with Crippen molar-refractivity contribution in [2.45, 2.75) is 19.4 Å². The van der Waals surface area contributed by atoms with Gasteiger partial charge < -0.3 is 10.0 Å².